The van der Waals surface area contributed by atoms with Crippen LogP contribution in [0.2, 0.25) is 5.02 Å². The second-order valence-corrected chi connectivity index (χ2v) is 5.63. The van der Waals surface area contributed by atoms with E-state index in [1.807, 2.05) is 36.4 Å². The van der Waals surface area contributed by atoms with E-state index in [0.29, 0.717) is 11.4 Å². The van der Waals surface area contributed by atoms with Gasteiger partial charge in [-0.15, -0.1) is 0 Å². The first kappa shape index (κ1) is 15.5. The van der Waals surface area contributed by atoms with Gasteiger partial charge in [-0.2, -0.15) is 15.5 Å². The lowest BCUT2D eigenvalue weighted by atomic mass is 9.74. The summed E-state index contributed by atoms with van der Waals surface area (Å²) in [5, 5.41) is 18.6. The Bertz CT molecular complexity index is 604. The molecule has 0 saturated heterocycles. The molecule has 0 fully saturated rings. The molecule has 108 valence electrons. The fourth-order valence-electron chi connectivity index (χ4n) is 2.48. The van der Waals surface area contributed by atoms with Crippen LogP contribution in [-0.2, 0) is 11.8 Å². The Balaban J connectivity index is 2.38. The first-order valence-electron chi connectivity index (χ1n) is 7.14. The van der Waals surface area contributed by atoms with Gasteiger partial charge >= 0.3 is 0 Å². The molecule has 0 saturated carbocycles. The number of halogens is 1. The van der Waals surface area contributed by atoms with Crippen molar-refractivity contribution >= 4 is 11.6 Å². The molecule has 2 rings (SSSR count). The third-order valence-electron chi connectivity index (χ3n) is 3.68. The van der Waals surface area contributed by atoms with Crippen molar-refractivity contribution in [3.05, 3.63) is 58.9 Å². The van der Waals surface area contributed by atoms with Gasteiger partial charge in [0.25, 0.3) is 0 Å². The Kier molecular flexibility index (Phi) is 5.30. The standard InChI is InChI=1S/C17H18ClN3/c1-2-3-10-17(13-19,12-16-5-4-11-20-21-16)14-6-8-15(18)9-7-14/h4-9,11H,2-3,10,12H2,1H3. The highest BCUT2D eigenvalue weighted by atomic mass is 35.5. The summed E-state index contributed by atoms with van der Waals surface area (Å²) in [7, 11) is 0. The number of benzene rings is 1. The molecule has 1 aromatic heterocycles. The normalized spacial score (nSPS) is 13.4. The quantitative estimate of drug-likeness (QED) is 0.798. The van der Waals surface area contributed by atoms with E-state index in [-0.39, 0.29) is 0 Å². The van der Waals surface area contributed by atoms with Gasteiger partial charge in [-0.3, -0.25) is 0 Å². The van der Waals surface area contributed by atoms with E-state index in [2.05, 4.69) is 23.2 Å². The summed E-state index contributed by atoms with van der Waals surface area (Å²) in [6.07, 6.45) is 5.07. The minimum absolute atomic E-state index is 0.568. The molecule has 1 atom stereocenters. The van der Waals surface area contributed by atoms with Gasteiger partial charge in [0.1, 0.15) is 0 Å². The fourth-order valence-corrected chi connectivity index (χ4v) is 2.61. The molecule has 1 aromatic carbocycles. The van der Waals surface area contributed by atoms with Crippen molar-refractivity contribution in [1.82, 2.24) is 10.2 Å². The van der Waals surface area contributed by atoms with Crippen LogP contribution in [0.25, 0.3) is 0 Å². The molecular formula is C17H18ClN3. The molecule has 0 aliphatic carbocycles. The maximum absolute atomic E-state index is 9.86. The molecule has 0 N–H and O–H groups in total. The van der Waals surface area contributed by atoms with Gasteiger partial charge in [0.2, 0.25) is 0 Å². The summed E-state index contributed by atoms with van der Waals surface area (Å²) >= 11 is 5.96. The number of hydrogen-bond donors (Lipinski definition) is 0. The largest absolute Gasteiger partial charge is 0.197 e. The lowest BCUT2D eigenvalue weighted by Crippen LogP contribution is -2.27. The van der Waals surface area contributed by atoms with Crippen LogP contribution in [0.3, 0.4) is 0 Å². The molecule has 0 bridgehead atoms. The third-order valence-corrected chi connectivity index (χ3v) is 3.93. The van der Waals surface area contributed by atoms with Crippen LogP contribution >= 0.6 is 11.6 Å². The van der Waals surface area contributed by atoms with Crippen LogP contribution in [0.5, 0.6) is 0 Å². The summed E-state index contributed by atoms with van der Waals surface area (Å²) in [4.78, 5) is 0. The maximum atomic E-state index is 9.86. The highest BCUT2D eigenvalue weighted by Gasteiger charge is 2.32. The molecule has 3 nitrogen and oxygen atoms in total. The lowest BCUT2D eigenvalue weighted by molar-refractivity contribution is 0.469. The van der Waals surface area contributed by atoms with Crippen molar-refractivity contribution in [3.8, 4) is 6.07 Å². The van der Waals surface area contributed by atoms with Crippen LogP contribution < -0.4 is 0 Å². The second-order valence-electron chi connectivity index (χ2n) is 5.20. The minimum atomic E-state index is -0.573. The van der Waals surface area contributed by atoms with E-state index in [0.717, 1.165) is 30.5 Å². The Morgan fingerprint density at radius 2 is 2.00 bits per heavy atom. The average molecular weight is 300 g/mol. The number of rotatable bonds is 6. The predicted octanol–water partition coefficient (Wildman–Crippen LogP) is 4.32. The van der Waals surface area contributed by atoms with Crippen LogP contribution in [0.15, 0.2) is 42.6 Å². The number of aromatic nitrogens is 2. The summed E-state index contributed by atoms with van der Waals surface area (Å²) in [6.45, 7) is 2.13. The predicted molar refractivity (Wildman–Crippen MR) is 84.0 cm³/mol. The van der Waals surface area contributed by atoms with Gasteiger partial charge in [-0.05, 0) is 36.2 Å². The molecule has 4 heteroatoms. The van der Waals surface area contributed by atoms with E-state index < -0.39 is 5.41 Å². The van der Waals surface area contributed by atoms with Crippen molar-refractivity contribution in [2.45, 2.75) is 38.0 Å². The highest BCUT2D eigenvalue weighted by Crippen LogP contribution is 2.33. The van der Waals surface area contributed by atoms with Crippen molar-refractivity contribution < 1.29 is 0 Å². The van der Waals surface area contributed by atoms with Crippen LogP contribution in [0.1, 0.15) is 37.4 Å². The van der Waals surface area contributed by atoms with Gasteiger partial charge in [0.15, 0.2) is 0 Å². The molecule has 1 heterocycles. The SMILES string of the molecule is CCCCC(C#N)(Cc1cccnn1)c1ccc(Cl)cc1. The van der Waals surface area contributed by atoms with Gasteiger partial charge in [-0.1, -0.05) is 43.5 Å². The number of hydrogen-bond acceptors (Lipinski definition) is 3. The maximum Gasteiger partial charge on any atom is 0.0878 e. The molecule has 0 radical (unpaired) electrons. The van der Waals surface area contributed by atoms with Gasteiger partial charge in [0, 0.05) is 17.6 Å². The van der Waals surface area contributed by atoms with Crippen molar-refractivity contribution in [2.75, 3.05) is 0 Å². The van der Waals surface area contributed by atoms with Crippen molar-refractivity contribution in [2.24, 2.45) is 0 Å². The molecule has 0 spiro atoms. The molecule has 0 aliphatic rings. The van der Waals surface area contributed by atoms with Gasteiger partial charge < -0.3 is 0 Å². The molecule has 21 heavy (non-hydrogen) atoms. The highest BCUT2D eigenvalue weighted by molar-refractivity contribution is 6.30. The number of nitrogens with zero attached hydrogens (tertiary/aromatic N) is 3. The summed E-state index contributed by atoms with van der Waals surface area (Å²) in [5.41, 5.74) is 1.26. The third kappa shape index (κ3) is 3.80. The zero-order chi connectivity index (χ0) is 15.1. The van der Waals surface area contributed by atoms with E-state index in [4.69, 9.17) is 11.6 Å². The van der Waals surface area contributed by atoms with E-state index in [1.54, 1.807) is 6.20 Å². The smallest absolute Gasteiger partial charge is 0.0878 e. The van der Waals surface area contributed by atoms with Crippen LogP contribution in [0.4, 0.5) is 0 Å². The molecular weight excluding hydrogens is 282 g/mol. The Morgan fingerprint density at radius 1 is 1.24 bits per heavy atom. The van der Waals surface area contributed by atoms with Crippen molar-refractivity contribution in [1.29, 1.82) is 5.26 Å². The van der Waals surface area contributed by atoms with Crippen LogP contribution in [-0.4, -0.2) is 10.2 Å². The van der Waals surface area contributed by atoms with Gasteiger partial charge in [0.05, 0.1) is 17.2 Å². The lowest BCUT2D eigenvalue weighted by Gasteiger charge is -2.27. The minimum Gasteiger partial charge on any atom is -0.197 e. The number of unbranched alkanes of at least 4 members (excludes halogenated alkanes) is 1. The Labute approximate surface area is 130 Å². The van der Waals surface area contributed by atoms with E-state index in [1.165, 1.54) is 0 Å². The molecule has 2 aromatic rings. The zero-order valence-electron chi connectivity index (χ0n) is 12.1. The average Bonchev–Trinajstić information content (AvgIpc) is 2.53. The first-order valence-corrected chi connectivity index (χ1v) is 7.52. The number of nitriles is 1. The topological polar surface area (TPSA) is 49.6 Å². The first-order chi connectivity index (χ1) is 10.2. The Morgan fingerprint density at radius 3 is 2.57 bits per heavy atom. The van der Waals surface area contributed by atoms with E-state index >= 15 is 0 Å². The van der Waals surface area contributed by atoms with Crippen LogP contribution in [0, 0.1) is 11.3 Å². The summed E-state index contributed by atoms with van der Waals surface area (Å²) < 4.78 is 0. The Hall–Kier alpha value is -1.92. The second kappa shape index (κ2) is 7.19. The monoisotopic (exact) mass is 299 g/mol. The van der Waals surface area contributed by atoms with Gasteiger partial charge in [-0.25, -0.2) is 0 Å². The molecule has 1 unspecified atom stereocenters. The fraction of sp³-hybridized carbons (Fsp3) is 0.353. The van der Waals surface area contributed by atoms with Crippen molar-refractivity contribution in [3.63, 3.8) is 0 Å². The molecule has 0 aliphatic heterocycles. The van der Waals surface area contributed by atoms with E-state index in [9.17, 15) is 5.26 Å². The summed E-state index contributed by atoms with van der Waals surface area (Å²) in [6, 6.07) is 13.9. The zero-order valence-corrected chi connectivity index (χ0v) is 12.8. The summed E-state index contributed by atoms with van der Waals surface area (Å²) in [5.74, 6) is 0. The molecule has 0 amide bonds.